The SMILES string of the molecule is CN=C(NCc1cccc(C(=O)NC)c1)N1CCC(Cc2ccccc2)CC1.I. The maximum absolute atomic E-state index is 11.8. The van der Waals surface area contributed by atoms with E-state index in [9.17, 15) is 4.79 Å². The van der Waals surface area contributed by atoms with Crippen LogP contribution in [0.1, 0.15) is 34.3 Å². The summed E-state index contributed by atoms with van der Waals surface area (Å²) in [5.41, 5.74) is 3.18. The molecule has 5 nitrogen and oxygen atoms in total. The van der Waals surface area contributed by atoms with E-state index in [2.05, 4.69) is 50.9 Å². The van der Waals surface area contributed by atoms with Crippen LogP contribution >= 0.6 is 24.0 Å². The smallest absolute Gasteiger partial charge is 0.251 e. The largest absolute Gasteiger partial charge is 0.355 e. The third-order valence-electron chi connectivity index (χ3n) is 5.36. The van der Waals surface area contributed by atoms with Gasteiger partial charge in [0.25, 0.3) is 5.91 Å². The van der Waals surface area contributed by atoms with Gasteiger partial charge in [-0.25, -0.2) is 0 Å². The molecule has 1 aliphatic rings. The molecule has 0 bridgehead atoms. The fourth-order valence-electron chi connectivity index (χ4n) is 3.78. The maximum Gasteiger partial charge on any atom is 0.251 e. The molecule has 156 valence electrons. The van der Waals surface area contributed by atoms with Crippen LogP contribution in [0, 0.1) is 5.92 Å². The number of carbonyl (C=O) groups excluding carboxylic acids is 1. The maximum atomic E-state index is 11.8. The number of nitrogens with one attached hydrogen (secondary N) is 2. The Hall–Kier alpha value is -2.09. The van der Waals surface area contributed by atoms with Crippen molar-refractivity contribution >= 4 is 35.8 Å². The number of hydrogen-bond acceptors (Lipinski definition) is 2. The van der Waals surface area contributed by atoms with Gasteiger partial charge in [0, 0.05) is 39.3 Å². The van der Waals surface area contributed by atoms with Gasteiger partial charge in [-0.05, 0) is 48.4 Å². The lowest BCUT2D eigenvalue weighted by Crippen LogP contribution is -2.45. The van der Waals surface area contributed by atoms with E-state index in [0.717, 1.165) is 37.0 Å². The summed E-state index contributed by atoms with van der Waals surface area (Å²) < 4.78 is 0. The van der Waals surface area contributed by atoms with E-state index >= 15 is 0 Å². The molecule has 6 heteroatoms. The molecule has 0 aliphatic carbocycles. The summed E-state index contributed by atoms with van der Waals surface area (Å²) in [5.74, 6) is 1.61. The second-order valence-corrected chi connectivity index (χ2v) is 7.30. The normalized spacial score (nSPS) is 14.8. The van der Waals surface area contributed by atoms with E-state index in [1.54, 1.807) is 7.05 Å². The summed E-state index contributed by atoms with van der Waals surface area (Å²) in [6.45, 7) is 2.70. The summed E-state index contributed by atoms with van der Waals surface area (Å²) in [6, 6.07) is 18.5. The fraction of sp³-hybridized carbons (Fsp3) is 0.391. The third kappa shape index (κ3) is 6.73. The number of amides is 1. The zero-order chi connectivity index (χ0) is 19.8. The molecule has 0 aromatic heterocycles. The molecular formula is C23H31IN4O. The van der Waals surface area contributed by atoms with Gasteiger partial charge in [0.15, 0.2) is 5.96 Å². The molecule has 0 saturated carbocycles. The van der Waals surface area contributed by atoms with Gasteiger partial charge >= 0.3 is 0 Å². The summed E-state index contributed by atoms with van der Waals surface area (Å²) in [5, 5.41) is 6.11. The molecule has 1 fully saturated rings. The van der Waals surface area contributed by atoms with Crippen LogP contribution in [0.3, 0.4) is 0 Å². The topological polar surface area (TPSA) is 56.7 Å². The van der Waals surface area contributed by atoms with Crippen molar-refractivity contribution in [2.45, 2.75) is 25.8 Å². The molecule has 0 atom stereocenters. The number of benzene rings is 2. The molecule has 0 radical (unpaired) electrons. The van der Waals surface area contributed by atoms with Crippen molar-refractivity contribution in [3.63, 3.8) is 0 Å². The number of aliphatic imine (C=N–C) groups is 1. The highest BCUT2D eigenvalue weighted by Crippen LogP contribution is 2.21. The second kappa shape index (κ2) is 11.8. The number of likely N-dealkylation sites (tertiary alicyclic amines) is 1. The first-order valence-electron chi connectivity index (χ1n) is 10.00. The van der Waals surface area contributed by atoms with Gasteiger partial charge in [-0.2, -0.15) is 0 Å². The van der Waals surface area contributed by atoms with Crippen LogP contribution < -0.4 is 10.6 Å². The number of nitrogens with zero attached hydrogens (tertiary/aromatic N) is 2. The number of carbonyl (C=O) groups is 1. The van der Waals surface area contributed by atoms with Crippen LogP contribution in [0.25, 0.3) is 0 Å². The van der Waals surface area contributed by atoms with E-state index in [-0.39, 0.29) is 29.9 Å². The Morgan fingerprint density at radius 2 is 1.76 bits per heavy atom. The van der Waals surface area contributed by atoms with Crippen molar-refractivity contribution in [1.29, 1.82) is 0 Å². The Kier molecular flexibility index (Phi) is 9.44. The first-order valence-corrected chi connectivity index (χ1v) is 10.00. The monoisotopic (exact) mass is 506 g/mol. The summed E-state index contributed by atoms with van der Waals surface area (Å²) in [7, 11) is 3.48. The minimum absolute atomic E-state index is 0. The molecule has 3 rings (SSSR count). The highest BCUT2D eigenvalue weighted by Gasteiger charge is 2.21. The van der Waals surface area contributed by atoms with Crippen LogP contribution in [0.15, 0.2) is 59.6 Å². The van der Waals surface area contributed by atoms with E-state index in [1.165, 1.54) is 18.4 Å². The highest BCUT2D eigenvalue weighted by molar-refractivity contribution is 14.0. The van der Waals surface area contributed by atoms with Crippen LogP contribution in [-0.2, 0) is 13.0 Å². The van der Waals surface area contributed by atoms with Crippen LogP contribution in [0.5, 0.6) is 0 Å². The number of piperidine rings is 1. The Morgan fingerprint density at radius 1 is 1.07 bits per heavy atom. The molecule has 1 heterocycles. The van der Waals surface area contributed by atoms with E-state index in [0.29, 0.717) is 12.1 Å². The van der Waals surface area contributed by atoms with Gasteiger partial charge in [0.2, 0.25) is 0 Å². The molecule has 2 aromatic rings. The van der Waals surface area contributed by atoms with Gasteiger partial charge in [-0.1, -0.05) is 42.5 Å². The van der Waals surface area contributed by atoms with Gasteiger partial charge in [-0.3, -0.25) is 9.79 Å². The van der Waals surface area contributed by atoms with Crippen molar-refractivity contribution in [3.05, 3.63) is 71.3 Å². The van der Waals surface area contributed by atoms with Crippen molar-refractivity contribution in [1.82, 2.24) is 15.5 Å². The Labute approximate surface area is 191 Å². The molecule has 1 saturated heterocycles. The summed E-state index contributed by atoms with van der Waals surface area (Å²) in [6.07, 6.45) is 3.52. The van der Waals surface area contributed by atoms with Crippen molar-refractivity contribution < 1.29 is 4.79 Å². The Balaban J connectivity index is 0.00000300. The van der Waals surface area contributed by atoms with Gasteiger partial charge < -0.3 is 15.5 Å². The average molecular weight is 506 g/mol. The van der Waals surface area contributed by atoms with E-state index < -0.39 is 0 Å². The first-order chi connectivity index (χ1) is 13.7. The van der Waals surface area contributed by atoms with E-state index in [1.807, 2.05) is 31.3 Å². The van der Waals surface area contributed by atoms with Crippen LogP contribution in [0.4, 0.5) is 0 Å². The van der Waals surface area contributed by atoms with Crippen molar-refractivity contribution in [2.75, 3.05) is 27.2 Å². The molecule has 2 aromatic carbocycles. The van der Waals surface area contributed by atoms with Crippen molar-refractivity contribution in [3.8, 4) is 0 Å². The molecule has 1 aliphatic heterocycles. The first kappa shape index (κ1) is 23.2. The van der Waals surface area contributed by atoms with E-state index in [4.69, 9.17) is 0 Å². The van der Waals surface area contributed by atoms with Crippen LogP contribution in [0.2, 0.25) is 0 Å². The van der Waals surface area contributed by atoms with Gasteiger partial charge in [0.05, 0.1) is 0 Å². The lowest BCUT2D eigenvalue weighted by Gasteiger charge is -2.34. The number of rotatable bonds is 5. The summed E-state index contributed by atoms with van der Waals surface area (Å²) in [4.78, 5) is 18.6. The molecule has 1 amide bonds. The number of guanidine groups is 1. The quantitative estimate of drug-likeness (QED) is 0.370. The molecule has 2 N–H and O–H groups in total. The summed E-state index contributed by atoms with van der Waals surface area (Å²) >= 11 is 0. The third-order valence-corrected chi connectivity index (χ3v) is 5.36. The zero-order valence-electron chi connectivity index (χ0n) is 17.2. The minimum atomic E-state index is -0.0632. The average Bonchev–Trinajstić information content (AvgIpc) is 2.75. The number of halogens is 1. The van der Waals surface area contributed by atoms with Gasteiger partial charge in [-0.15, -0.1) is 24.0 Å². The minimum Gasteiger partial charge on any atom is -0.355 e. The molecule has 29 heavy (non-hydrogen) atoms. The predicted octanol–water partition coefficient (Wildman–Crippen LogP) is 3.69. The fourth-order valence-corrected chi connectivity index (χ4v) is 3.78. The standard InChI is InChI=1S/C23H30N4O.HI/c1-24-22(28)21-10-6-9-20(16-21)17-26-23(25-2)27-13-11-19(12-14-27)15-18-7-4-3-5-8-18;/h3-10,16,19H,11-15,17H2,1-2H3,(H,24,28)(H,25,26);1H. The second-order valence-electron chi connectivity index (χ2n) is 7.30. The van der Waals surface area contributed by atoms with Gasteiger partial charge in [0.1, 0.15) is 0 Å². The lowest BCUT2D eigenvalue weighted by atomic mass is 9.90. The molecular weight excluding hydrogens is 475 g/mol. The lowest BCUT2D eigenvalue weighted by molar-refractivity contribution is 0.0963. The zero-order valence-corrected chi connectivity index (χ0v) is 19.6. The Bertz CT molecular complexity index is 802. The molecule has 0 unspecified atom stereocenters. The van der Waals surface area contributed by atoms with Crippen molar-refractivity contribution in [2.24, 2.45) is 10.9 Å². The highest BCUT2D eigenvalue weighted by atomic mass is 127. The molecule has 0 spiro atoms. The predicted molar refractivity (Wildman–Crippen MR) is 130 cm³/mol. The number of hydrogen-bond donors (Lipinski definition) is 2. The Morgan fingerprint density at radius 3 is 2.41 bits per heavy atom. The van der Waals surface area contributed by atoms with Crippen LogP contribution in [-0.4, -0.2) is 44.0 Å².